The molecule has 204 valence electrons. The Morgan fingerprint density at radius 2 is 1.07 bits per heavy atom. The molecule has 9 nitrogen and oxygen atoms in total. The average molecular weight is 597 g/mol. The number of halogens is 1. The first-order valence-corrected chi connectivity index (χ1v) is 15.1. The molecule has 0 aromatic heterocycles. The molecule has 40 heavy (non-hydrogen) atoms. The second-order valence-corrected chi connectivity index (χ2v) is 13.1. The van der Waals surface area contributed by atoms with Crippen molar-refractivity contribution in [3.8, 4) is 0 Å². The Hall–Kier alpha value is -3.87. The van der Waals surface area contributed by atoms with Crippen LogP contribution in [0, 0.1) is 0 Å². The zero-order valence-electron chi connectivity index (χ0n) is 20.6. The van der Waals surface area contributed by atoms with Gasteiger partial charge >= 0.3 is 0 Å². The summed E-state index contributed by atoms with van der Waals surface area (Å²) in [5.74, 6) is -1.52. The molecule has 0 spiro atoms. The third-order valence-electron chi connectivity index (χ3n) is 6.16. The Balaban J connectivity index is 1.61. The predicted molar refractivity (Wildman–Crippen MR) is 146 cm³/mol. The molecule has 4 aromatic carbocycles. The molecule has 0 N–H and O–H groups in total. The van der Waals surface area contributed by atoms with E-state index in [0.717, 1.165) is 0 Å². The lowest BCUT2D eigenvalue weighted by molar-refractivity contribution is -0.134. The van der Waals surface area contributed by atoms with Gasteiger partial charge in [-0.15, -0.1) is 5.06 Å². The summed E-state index contributed by atoms with van der Waals surface area (Å²) in [7, 11) is -9.36. The Morgan fingerprint density at radius 3 is 1.52 bits per heavy atom. The van der Waals surface area contributed by atoms with Crippen LogP contribution in [0.3, 0.4) is 0 Å². The summed E-state index contributed by atoms with van der Waals surface area (Å²) in [6, 6.07) is 26.2. The van der Waals surface area contributed by atoms with Crippen LogP contribution in [0.25, 0.3) is 0 Å². The zero-order valence-corrected chi connectivity index (χ0v) is 23.0. The summed E-state index contributed by atoms with van der Waals surface area (Å²) in [5, 5.41) is 0.876. The summed E-state index contributed by atoms with van der Waals surface area (Å²) in [5.41, 5.74) is 0.485. The van der Waals surface area contributed by atoms with Crippen LogP contribution in [0.4, 0.5) is 0 Å². The number of amides is 2. The van der Waals surface area contributed by atoms with E-state index in [-0.39, 0.29) is 26.5 Å². The lowest BCUT2D eigenvalue weighted by Crippen LogP contribution is -2.42. The van der Waals surface area contributed by atoms with Gasteiger partial charge in [0.2, 0.25) is 0 Å². The summed E-state index contributed by atoms with van der Waals surface area (Å²) >= 11 is 6.04. The van der Waals surface area contributed by atoms with E-state index in [1.807, 2.05) is 0 Å². The number of carbonyl (C=O) groups excluding carboxylic acids is 2. The number of hydrogen-bond acceptors (Lipinski definition) is 7. The number of carbonyl (C=O) groups is 2. The van der Waals surface area contributed by atoms with Crippen molar-refractivity contribution in [2.24, 2.45) is 0 Å². The molecule has 1 atom stereocenters. The largest absolute Gasteiger partial charge is 0.285 e. The number of hydroxylamine groups is 2. The van der Waals surface area contributed by atoms with Gasteiger partial charge in [0, 0.05) is 5.02 Å². The van der Waals surface area contributed by atoms with E-state index in [2.05, 4.69) is 0 Å². The first-order chi connectivity index (χ1) is 19.1. The lowest BCUT2D eigenvalue weighted by Gasteiger charge is -2.28. The molecule has 0 aliphatic carbocycles. The topological polar surface area (TPSA) is 118 Å². The monoisotopic (exact) mass is 596 g/mol. The number of sulfonamides is 2. The maximum absolute atomic E-state index is 13.8. The Labute approximate surface area is 236 Å². The van der Waals surface area contributed by atoms with Crippen LogP contribution in [0.2, 0.25) is 5.02 Å². The second kappa shape index (κ2) is 11.0. The summed E-state index contributed by atoms with van der Waals surface area (Å²) in [4.78, 5) is 31.4. The third kappa shape index (κ3) is 5.17. The van der Waals surface area contributed by atoms with Gasteiger partial charge < -0.3 is 0 Å². The number of nitrogens with zero attached hydrogens (tertiary/aromatic N) is 2. The van der Waals surface area contributed by atoms with Crippen molar-refractivity contribution in [3.63, 3.8) is 0 Å². The summed E-state index contributed by atoms with van der Waals surface area (Å²) in [6.45, 7) is -0.802. The fourth-order valence-electron chi connectivity index (χ4n) is 4.15. The molecule has 0 saturated heterocycles. The highest BCUT2D eigenvalue weighted by Gasteiger charge is 2.42. The minimum absolute atomic E-state index is 0.105. The standard InChI is InChI=1S/C28H21ClN2O7S2/c29-21-17-15-20(16-18-21)26(38-31-27(32)24-13-7-8-14-25(24)28(31)33)19-30(39(34,35)22-9-3-1-4-10-22)40(36,37)23-11-5-2-6-12-23/h1-18,26H,19H2. The number of rotatable bonds is 9. The molecule has 12 heteroatoms. The van der Waals surface area contributed by atoms with Crippen molar-refractivity contribution >= 4 is 43.5 Å². The van der Waals surface area contributed by atoms with Gasteiger partial charge in [-0.05, 0) is 54.1 Å². The molecular formula is C28H21ClN2O7S2. The number of benzene rings is 4. The normalized spacial score (nSPS) is 14.4. The molecule has 0 saturated carbocycles. The van der Waals surface area contributed by atoms with E-state index in [0.29, 0.717) is 13.8 Å². The predicted octanol–water partition coefficient (Wildman–Crippen LogP) is 4.69. The Kier molecular flexibility index (Phi) is 7.58. The van der Waals surface area contributed by atoms with E-state index in [1.165, 1.54) is 84.9 Å². The molecule has 1 aliphatic rings. The van der Waals surface area contributed by atoms with Gasteiger partial charge in [0.15, 0.2) is 0 Å². The minimum Gasteiger partial charge on any atom is -0.266 e. The smallest absolute Gasteiger partial charge is 0.266 e. The van der Waals surface area contributed by atoms with Gasteiger partial charge in [0.25, 0.3) is 31.9 Å². The lowest BCUT2D eigenvalue weighted by atomic mass is 10.1. The quantitative estimate of drug-likeness (QED) is 0.257. The van der Waals surface area contributed by atoms with E-state index in [9.17, 15) is 26.4 Å². The van der Waals surface area contributed by atoms with E-state index >= 15 is 0 Å². The van der Waals surface area contributed by atoms with Gasteiger partial charge in [0.1, 0.15) is 6.10 Å². The number of hydrogen-bond donors (Lipinski definition) is 0. The van der Waals surface area contributed by atoms with Crippen molar-refractivity contribution in [2.45, 2.75) is 15.9 Å². The first-order valence-electron chi connectivity index (χ1n) is 11.9. The molecule has 1 unspecified atom stereocenters. The molecular weight excluding hydrogens is 576 g/mol. The molecule has 1 heterocycles. The van der Waals surface area contributed by atoms with Crippen LogP contribution in [0.15, 0.2) is 119 Å². The van der Waals surface area contributed by atoms with Crippen molar-refractivity contribution in [1.82, 2.24) is 8.77 Å². The number of fused-ring (bicyclic) bond motifs is 1. The Bertz CT molecular complexity index is 1680. The molecule has 0 bridgehead atoms. The van der Waals surface area contributed by atoms with Crippen molar-refractivity contribution < 1.29 is 31.3 Å². The van der Waals surface area contributed by atoms with Gasteiger partial charge in [-0.1, -0.05) is 76.0 Å². The maximum atomic E-state index is 13.8. The highest BCUT2D eigenvalue weighted by molar-refractivity contribution is 8.04. The first kappa shape index (κ1) is 27.7. The maximum Gasteiger partial charge on any atom is 0.285 e. The molecule has 2 amide bonds. The molecule has 0 fully saturated rings. The van der Waals surface area contributed by atoms with Crippen LogP contribution >= 0.6 is 11.6 Å². The SMILES string of the molecule is O=C1c2ccccc2C(=O)N1OC(CN(S(=O)(=O)c1ccccc1)S(=O)(=O)c1ccccc1)c1ccc(Cl)cc1. The molecule has 1 aliphatic heterocycles. The zero-order chi connectivity index (χ0) is 28.5. The molecule has 0 radical (unpaired) electrons. The fourth-order valence-corrected chi connectivity index (χ4v) is 7.96. The Morgan fingerprint density at radius 1 is 0.650 bits per heavy atom. The van der Waals surface area contributed by atoms with Crippen LogP contribution in [0.5, 0.6) is 0 Å². The minimum atomic E-state index is -4.68. The number of imide groups is 1. The van der Waals surface area contributed by atoms with Crippen LogP contribution in [0.1, 0.15) is 32.4 Å². The van der Waals surface area contributed by atoms with Crippen molar-refractivity contribution in [1.29, 1.82) is 0 Å². The van der Waals surface area contributed by atoms with E-state index in [1.54, 1.807) is 24.3 Å². The van der Waals surface area contributed by atoms with Gasteiger partial charge in [-0.25, -0.2) is 16.8 Å². The second-order valence-electron chi connectivity index (χ2n) is 8.69. The molecule has 4 aromatic rings. The van der Waals surface area contributed by atoms with Crippen molar-refractivity contribution in [3.05, 3.63) is 131 Å². The van der Waals surface area contributed by atoms with Crippen LogP contribution in [-0.2, 0) is 24.9 Å². The fraction of sp³-hybridized carbons (Fsp3) is 0.0714. The van der Waals surface area contributed by atoms with E-state index < -0.39 is 44.5 Å². The highest BCUT2D eigenvalue weighted by atomic mass is 35.5. The molecule has 5 rings (SSSR count). The average Bonchev–Trinajstić information content (AvgIpc) is 3.21. The van der Waals surface area contributed by atoms with Gasteiger partial charge in [-0.3, -0.25) is 14.4 Å². The van der Waals surface area contributed by atoms with E-state index in [4.69, 9.17) is 16.4 Å². The highest BCUT2D eigenvalue weighted by Crippen LogP contribution is 2.32. The third-order valence-corrected chi connectivity index (χ3v) is 10.7. The summed E-state index contributed by atoms with van der Waals surface area (Å²) in [6.07, 6.45) is -1.42. The van der Waals surface area contributed by atoms with Crippen molar-refractivity contribution in [2.75, 3.05) is 6.54 Å². The van der Waals surface area contributed by atoms with Crippen LogP contribution in [-0.4, -0.2) is 44.0 Å². The summed E-state index contributed by atoms with van der Waals surface area (Å²) < 4.78 is 55.7. The van der Waals surface area contributed by atoms with Gasteiger partial charge in [0.05, 0.1) is 27.5 Å². The van der Waals surface area contributed by atoms with Crippen LogP contribution < -0.4 is 0 Å². The van der Waals surface area contributed by atoms with Gasteiger partial charge in [-0.2, -0.15) is 0 Å².